The van der Waals surface area contributed by atoms with E-state index in [-0.39, 0.29) is 18.4 Å². The summed E-state index contributed by atoms with van der Waals surface area (Å²) in [4.78, 5) is 0. The van der Waals surface area contributed by atoms with Crippen molar-refractivity contribution in [2.75, 3.05) is 6.67 Å². The van der Waals surface area contributed by atoms with E-state index in [0.717, 1.165) is 37.2 Å². The maximum Gasteiger partial charge on any atom is 0.131 e. The van der Waals surface area contributed by atoms with Gasteiger partial charge in [0.2, 0.25) is 0 Å². The highest BCUT2D eigenvalue weighted by molar-refractivity contribution is 5.65. The quantitative estimate of drug-likeness (QED) is 0.360. The summed E-state index contributed by atoms with van der Waals surface area (Å²) in [5.41, 5.74) is 4.16. The monoisotopic (exact) mass is 438 g/mol. The maximum absolute atomic E-state index is 15.1. The lowest BCUT2D eigenvalue weighted by atomic mass is 9.77. The third-order valence-corrected chi connectivity index (χ3v) is 8.29. The number of rotatable bonds is 8. The SMILES string of the molecule is CCCCCC1CCC(c2ccc(-c3ccc(C4CCC(CF)CC4)cc3)c(F)c2)CC1. The Bertz CT molecular complexity index is 824. The van der Waals surface area contributed by atoms with E-state index in [1.54, 1.807) is 6.07 Å². The minimum atomic E-state index is -0.179. The first kappa shape index (κ1) is 23.5. The standard InChI is InChI=1S/C30H40F2/c1-2-3-4-5-22-6-10-26(11-7-22)28-18-19-29(30(32)20-28)27-16-14-25(15-17-27)24-12-8-23(21-31)9-13-24/h14-20,22-24,26H,2-13,21H2,1H3. The average Bonchev–Trinajstić information content (AvgIpc) is 2.85. The molecule has 2 aromatic rings. The van der Waals surface area contributed by atoms with Crippen molar-refractivity contribution >= 4 is 0 Å². The van der Waals surface area contributed by atoms with Gasteiger partial charge < -0.3 is 0 Å². The maximum atomic E-state index is 15.1. The Morgan fingerprint density at radius 2 is 1.31 bits per heavy atom. The molecule has 0 bridgehead atoms. The molecule has 0 radical (unpaired) electrons. The molecule has 2 heteroatoms. The van der Waals surface area contributed by atoms with E-state index >= 15 is 4.39 Å². The molecule has 2 fully saturated rings. The van der Waals surface area contributed by atoms with Crippen LogP contribution in [0.5, 0.6) is 0 Å². The van der Waals surface area contributed by atoms with Crippen LogP contribution in [-0.2, 0) is 0 Å². The molecule has 2 aromatic carbocycles. The zero-order valence-corrected chi connectivity index (χ0v) is 19.8. The molecule has 0 spiro atoms. The Kier molecular flexibility index (Phi) is 8.38. The lowest BCUT2D eigenvalue weighted by Crippen LogP contribution is -2.14. The fourth-order valence-electron chi connectivity index (χ4n) is 6.07. The number of alkyl halides is 1. The molecule has 0 aromatic heterocycles. The second kappa shape index (κ2) is 11.4. The molecule has 2 saturated carbocycles. The number of unbranched alkanes of at least 4 members (excludes halogenated alkanes) is 2. The van der Waals surface area contributed by atoms with Crippen LogP contribution >= 0.6 is 0 Å². The minimum absolute atomic E-state index is 0.0937. The van der Waals surface area contributed by atoms with Gasteiger partial charge >= 0.3 is 0 Å². The molecule has 32 heavy (non-hydrogen) atoms. The normalized spacial score (nSPS) is 26.2. The van der Waals surface area contributed by atoms with Crippen molar-refractivity contribution in [2.45, 2.75) is 95.8 Å². The number of hydrogen-bond acceptors (Lipinski definition) is 0. The summed E-state index contributed by atoms with van der Waals surface area (Å²) in [5.74, 6) is 2.09. The van der Waals surface area contributed by atoms with E-state index in [4.69, 9.17) is 0 Å². The van der Waals surface area contributed by atoms with Crippen LogP contribution < -0.4 is 0 Å². The van der Waals surface area contributed by atoms with Crippen molar-refractivity contribution in [3.8, 4) is 11.1 Å². The molecular formula is C30H40F2. The Morgan fingerprint density at radius 1 is 0.719 bits per heavy atom. The summed E-state index contributed by atoms with van der Waals surface area (Å²) in [5, 5.41) is 0. The van der Waals surface area contributed by atoms with E-state index < -0.39 is 0 Å². The minimum Gasteiger partial charge on any atom is -0.251 e. The molecule has 0 nitrogen and oxygen atoms in total. The third-order valence-electron chi connectivity index (χ3n) is 8.29. The molecule has 2 aliphatic carbocycles. The van der Waals surface area contributed by atoms with Crippen LogP contribution in [0.4, 0.5) is 8.78 Å². The van der Waals surface area contributed by atoms with Gasteiger partial charge in [0.1, 0.15) is 5.82 Å². The van der Waals surface area contributed by atoms with Crippen LogP contribution in [0.15, 0.2) is 42.5 Å². The molecule has 0 aliphatic heterocycles. The smallest absolute Gasteiger partial charge is 0.131 e. The number of benzene rings is 2. The molecule has 0 saturated heterocycles. The van der Waals surface area contributed by atoms with Crippen molar-refractivity contribution in [3.63, 3.8) is 0 Å². The van der Waals surface area contributed by atoms with Gasteiger partial charge in [-0.1, -0.05) is 69.0 Å². The number of halogens is 2. The van der Waals surface area contributed by atoms with Crippen molar-refractivity contribution in [3.05, 3.63) is 59.4 Å². The van der Waals surface area contributed by atoms with Gasteiger partial charge in [0.05, 0.1) is 6.67 Å². The van der Waals surface area contributed by atoms with Gasteiger partial charge in [0.25, 0.3) is 0 Å². The van der Waals surface area contributed by atoms with Gasteiger partial charge in [0, 0.05) is 5.56 Å². The largest absolute Gasteiger partial charge is 0.251 e. The Hall–Kier alpha value is -1.70. The first-order chi connectivity index (χ1) is 15.7. The van der Waals surface area contributed by atoms with Crippen molar-refractivity contribution < 1.29 is 8.78 Å². The van der Waals surface area contributed by atoms with Gasteiger partial charge in [0.15, 0.2) is 0 Å². The first-order valence-corrected chi connectivity index (χ1v) is 13.1. The second-order valence-corrected chi connectivity index (χ2v) is 10.4. The van der Waals surface area contributed by atoms with E-state index in [1.165, 1.54) is 62.5 Å². The average molecular weight is 439 g/mol. The van der Waals surface area contributed by atoms with E-state index in [1.807, 2.05) is 6.07 Å². The highest BCUT2D eigenvalue weighted by Gasteiger charge is 2.24. The van der Waals surface area contributed by atoms with Gasteiger partial charge in [-0.25, -0.2) is 4.39 Å². The predicted molar refractivity (Wildman–Crippen MR) is 131 cm³/mol. The number of hydrogen-bond donors (Lipinski definition) is 0. The summed E-state index contributed by atoms with van der Waals surface area (Å²) in [7, 11) is 0. The molecule has 2 aliphatic rings. The molecular weight excluding hydrogens is 398 g/mol. The van der Waals surface area contributed by atoms with E-state index in [2.05, 4.69) is 37.3 Å². The van der Waals surface area contributed by atoms with Crippen LogP contribution in [0.3, 0.4) is 0 Å². The fraction of sp³-hybridized carbons (Fsp3) is 0.600. The third kappa shape index (κ3) is 5.80. The summed E-state index contributed by atoms with van der Waals surface area (Å²) in [6, 6.07) is 14.4. The van der Waals surface area contributed by atoms with E-state index in [0.29, 0.717) is 17.4 Å². The molecule has 4 rings (SSSR count). The Morgan fingerprint density at radius 3 is 1.91 bits per heavy atom. The zero-order valence-electron chi connectivity index (χ0n) is 19.8. The van der Waals surface area contributed by atoms with Gasteiger partial charge in [-0.3, -0.25) is 4.39 Å². The zero-order chi connectivity index (χ0) is 22.3. The fourth-order valence-corrected chi connectivity index (χ4v) is 6.07. The molecule has 0 amide bonds. The molecule has 0 unspecified atom stereocenters. The van der Waals surface area contributed by atoms with Crippen LogP contribution in [0, 0.1) is 17.7 Å². The summed E-state index contributed by atoms with van der Waals surface area (Å²) >= 11 is 0. The van der Waals surface area contributed by atoms with E-state index in [9.17, 15) is 4.39 Å². The van der Waals surface area contributed by atoms with Gasteiger partial charge in [-0.15, -0.1) is 0 Å². The molecule has 174 valence electrons. The molecule has 0 heterocycles. The molecule has 0 N–H and O–H groups in total. The molecule has 0 atom stereocenters. The first-order valence-electron chi connectivity index (χ1n) is 13.1. The van der Waals surface area contributed by atoms with Gasteiger partial charge in [-0.2, -0.15) is 0 Å². The predicted octanol–water partition coefficient (Wildman–Crippen LogP) is 9.59. The van der Waals surface area contributed by atoms with Crippen molar-refractivity contribution in [2.24, 2.45) is 11.8 Å². The van der Waals surface area contributed by atoms with Crippen molar-refractivity contribution in [1.29, 1.82) is 0 Å². The van der Waals surface area contributed by atoms with Crippen LogP contribution in [-0.4, -0.2) is 6.67 Å². The van der Waals surface area contributed by atoms with Crippen LogP contribution in [0.25, 0.3) is 11.1 Å². The van der Waals surface area contributed by atoms with Gasteiger partial charge in [-0.05, 0) is 97.8 Å². The Balaban J connectivity index is 1.35. The summed E-state index contributed by atoms with van der Waals surface area (Å²) < 4.78 is 27.9. The highest BCUT2D eigenvalue weighted by atomic mass is 19.1. The van der Waals surface area contributed by atoms with Crippen LogP contribution in [0.2, 0.25) is 0 Å². The summed E-state index contributed by atoms with van der Waals surface area (Å²) in [6.07, 6.45) is 14.5. The summed E-state index contributed by atoms with van der Waals surface area (Å²) in [6.45, 7) is 2.09. The lowest BCUT2D eigenvalue weighted by molar-refractivity contribution is 0.263. The van der Waals surface area contributed by atoms with Crippen LogP contribution in [0.1, 0.15) is 107 Å². The highest BCUT2D eigenvalue weighted by Crippen LogP contribution is 2.40. The lowest BCUT2D eigenvalue weighted by Gasteiger charge is -2.29. The van der Waals surface area contributed by atoms with Crippen molar-refractivity contribution in [1.82, 2.24) is 0 Å². The topological polar surface area (TPSA) is 0 Å². The Labute approximate surface area is 193 Å². The second-order valence-electron chi connectivity index (χ2n) is 10.4.